The van der Waals surface area contributed by atoms with Gasteiger partial charge in [0.05, 0.1) is 24.6 Å². The molecule has 30 heavy (non-hydrogen) atoms. The topological polar surface area (TPSA) is 67.1 Å². The molecule has 2 aromatic rings. The van der Waals surface area contributed by atoms with Crippen molar-refractivity contribution in [3.8, 4) is 29.2 Å². The third kappa shape index (κ3) is 6.64. The molecule has 0 saturated heterocycles. The van der Waals surface area contributed by atoms with E-state index in [0.717, 1.165) is 11.8 Å². The molecule has 160 valence electrons. The number of allylic oxidation sites excluding steroid dienone is 1. The number of methoxy groups -OCH3 is 2. The number of aryl methyl sites for hydroxylation is 2. The van der Waals surface area contributed by atoms with Gasteiger partial charge in [0.1, 0.15) is 22.9 Å². The molecule has 0 atom stereocenters. The maximum atomic E-state index is 13.8. The maximum Gasteiger partial charge on any atom is 0.226 e. The molecule has 0 amide bonds. The van der Waals surface area contributed by atoms with Crippen molar-refractivity contribution >= 4 is 6.21 Å². The van der Waals surface area contributed by atoms with Gasteiger partial charge in [0, 0.05) is 20.2 Å². The van der Waals surface area contributed by atoms with Crippen molar-refractivity contribution in [1.82, 2.24) is 9.78 Å². The first-order valence-electron chi connectivity index (χ1n) is 9.19. The van der Waals surface area contributed by atoms with Gasteiger partial charge in [0.2, 0.25) is 5.88 Å². The summed E-state index contributed by atoms with van der Waals surface area (Å²) in [5.41, 5.74) is 0.671. The van der Waals surface area contributed by atoms with Crippen molar-refractivity contribution in [1.29, 1.82) is 0 Å². The zero-order valence-corrected chi connectivity index (χ0v) is 18.0. The summed E-state index contributed by atoms with van der Waals surface area (Å²) in [4.78, 5) is 5.03. The third-order valence-corrected chi connectivity index (χ3v) is 4.06. The quantitative estimate of drug-likeness (QED) is 0.368. The van der Waals surface area contributed by atoms with Crippen LogP contribution in [-0.2, 0) is 16.6 Å². The molecule has 0 saturated carbocycles. The van der Waals surface area contributed by atoms with Crippen molar-refractivity contribution in [3.63, 3.8) is 0 Å². The highest BCUT2D eigenvalue weighted by atomic mass is 19.1. The third-order valence-electron chi connectivity index (χ3n) is 4.06. The Bertz CT molecular complexity index is 967. The summed E-state index contributed by atoms with van der Waals surface area (Å²) in [5.74, 6) is 6.66. The van der Waals surface area contributed by atoms with Gasteiger partial charge in [-0.3, -0.25) is 0 Å². The van der Waals surface area contributed by atoms with E-state index in [-0.39, 0.29) is 6.61 Å². The molecule has 0 N–H and O–H groups in total. The zero-order chi connectivity index (χ0) is 22.1. The van der Waals surface area contributed by atoms with Crippen molar-refractivity contribution < 1.29 is 23.4 Å². The highest BCUT2D eigenvalue weighted by Gasteiger charge is 2.14. The number of nitrogens with zero attached hydrogens (tertiary/aromatic N) is 3. The molecule has 0 spiro atoms. The number of ether oxygens (including phenoxy) is 3. The summed E-state index contributed by atoms with van der Waals surface area (Å²) in [5, 5.41) is 8.16. The Kier molecular flexibility index (Phi) is 8.01. The molecule has 0 fully saturated rings. The fourth-order valence-electron chi connectivity index (χ4n) is 2.25. The molecule has 0 unspecified atom stereocenters. The number of benzene rings is 1. The largest absolute Gasteiger partial charge is 0.497 e. The van der Waals surface area contributed by atoms with Crippen LogP contribution in [-0.4, -0.2) is 42.4 Å². The molecule has 7 nitrogen and oxygen atoms in total. The van der Waals surface area contributed by atoms with E-state index >= 15 is 0 Å². The first-order chi connectivity index (χ1) is 14.3. The minimum absolute atomic E-state index is 0.341. The van der Waals surface area contributed by atoms with Gasteiger partial charge in [-0.05, 0) is 45.0 Å². The lowest BCUT2D eigenvalue weighted by Crippen LogP contribution is -2.18. The fraction of sp³-hybridized carbons (Fsp3) is 0.364. The summed E-state index contributed by atoms with van der Waals surface area (Å²) in [6.45, 7) is 5.05. The normalized spacial score (nSPS) is 11.9. The molecule has 0 radical (unpaired) electrons. The van der Waals surface area contributed by atoms with E-state index in [1.54, 1.807) is 64.1 Å². The Hall–Kier alpha value is -3.31. The Morgan fingerprint density at radius 3 is 2.53 bits per heavy atom. The van der Waals surface area contributed by atoms with Gasteiger partial charge in [0.15, 0.2) is 6.61 Å². The summed E-state index contributed by atoms with van der Waals surface area (Å²) in [7, 11) is 4.90. The van der Waals surface area contributed by atoms with Gasteiger partial charge in [-0.1, -0.05) is 17.0 Å². The highest BCUT2D eigenvalue weighted by molar-refractivity contribution is 5.84. The molecular formula is C22H26FN3O4. The molecule has 2 rings (SSSR count). The molecule has 8 heteroatoms. The second-order valence-corrected chi connectivity index (χ2v) is 6.79. The Balaban J connectivity index is 2.03. The summed E-state index contributed by atoms with van der Waals surface area (Å²) in [6, 6.07) is 7.15. The smallest absolute Gasteiger partial charge is 0.226 e. The van der Waals surface area contributed by atoms with Crippen LogP contribution in [0.2, 0.25) is 0 Å². The number of hydrogen-bond donors (Lipinski definition) is 0. The van der Waals surface area contributed by atoms with Crippen LogP contribution in [0.15, 0.2) is 41.3 Å². The zero-order valence-electron chi connectivity index (χ0n) is 18.0. The van der Waals surface area contributed by atoms with E-state index in [4.69, 9.17) is 19.0 Å². The van der Waals surface area contributed by atoms with Crippen molar-refractivity contribution in [2.75, 3.05) is 20.8 Å². The average molecular weight is 415 g/mol. The SMILES string of the molecule is COc1ccc(Oc2c(C=NOCC(F)=CC#CC(C)(C)OC)c(C)nn2C)cc1. The fourth-order valence-corrected chi connectivity index (χ4v) is 2.25. The predicted octanol–water partition coefficient (Wildman–Crippen LogP) is 4.16. The van der Waals surface area contributed by atoms with Crippen LogP contribution in [0.25, 0.3) is 0 Å². The van der Waals surface area contributed by atoms with Crippen molar-refractivity contribution in [3.05, 3.63) is 47.4 Å². The minimum atomic E-state index is -0.645. The van der Waals surface area contributed by atoms with Crippen LogP contribution < -0.4 is 9.47 Å². The first-order valence-corrected chi connectivity index (χ1v) is 9.19. The molecule has 1 aromatic heterocycles. The van der Waals surface area contributed by atoms with E-state index in [1.807, 2.05) is 6.92 Å². The predicted molar refractivity (Wildman–Crippen MR) is 113 cm³/mol. The van der Waals surface area contributed by atoms with Gasteiger partial charge in [-0.25, -0.2) is 9.07 Å². The Morgan fingerprint density at radius 1 is 1.23 bits per heavy atom. The monoisotopic (exact) mass is 415 g/mol. The number of rotatable bonds is 8. The van der Waals surface area contributed by atoms with Crippen LogP contribution in [0.1, 0.15) is 25.1 Å². The highest BCUT2D eigenvalue weighted by Crippen LogP contribution is 2.27. The Morgan fingerprint density at radius 2 is 1.90 bits per heavy atom. The first kappa shape index (κ1) is 23.0. The van der Waals surface area contributed by atoms with Crippen LogP contribution in [0.3, 0.4) is 0 Å². The molecular weight excluding hydrogens is 389 g/mol. The summed E-state index contributed by atoms with van der Waals surface area (Å²) >= 11 is 0. The van der Waals surface area contributed by atoms with E-state index < -0.39 is 11.4 Å². The van der Waals surface area contributed by atoms with E-state index in [9.17, 15) is 4.39 Å². The van der Waals surface area contributed by atoms with Gasteiger partial charge in [-0.2, -0.15) is 5.10 Å². The maximum absolute atomic E-state index is 13.8. The standard InChI is InChI=1S/C22H26FN3O4/c1-16-20(14-24-29-15-17(23)8-7-13-22(2,3)28-6)21(26(4)25-16)30-19-11-9-18(27-5)10-12-19/h8-12,14H,15H2,1-6H3. The molecule has 0 aliphatic carbocycles. The van der Waals surface area contributed by atoms with E-state index in [2.05, 4.69) is 22.1 Å². The van der Waals surface area contributed by atoms with Gasteiger partial charge in [0.25, 0.3) is 0 Å². The van der Waals surface area contributed by atoms with E-state index in [0.29, 0.717) is 22.9 Å². The lowest BCUT2D eigenvalue weighted by Gasteiger charge is -2.13. The van der Waals surface area contributed by atoms with Gasteiger partial charge in [-0.15, -0.1) is 0 Å². The molecule has 0 aliphatic heterocycles. The Labute approximate surface area is 176 Å². The van der Waals surface area contributed by atoms with Crippen LogP contribution in [0.4, 0.5) is 4.39 Å². The van der Waals surface area contributed by atoms with Crippen LogP contribution in [0.5, 0.6) is 17.4 Å². The van der Waals surface area contributed by atoms with Gasteiger partial charge >= 0.3 is 0 Å². The summed E-state index contributed by atoms with van der Waals surface area (Å²) < 4.78 is 31.6. The number of aromatic nitrogens is 2. The number of hydrogen-bond acceptors (Lipinski definition) is 6. The number of halogens is 1. The molecule has 0 aliphatic rings. The number of oxime groups is 1. The lowest BCUT2D eigenvalue weighted by atomic mass is 10.1. The summed E-state index contributed by atoms with van der Waals surface area (Å²) in [6.07, 6.45) is 2.57. The van der Waals surface area contributed by atoms with Crippen molar-refractivity contribution in [2.24, 2.45) is 12.2 Å². The van der Waals surface area contributed by atoms with Crippen LogP contribution >= 0.6 is 0 Å². The minimum Gasteiger partial charge on any atom is -0.497 e. The van der Waals surface area contributed by atoms with Gasteiger partial charge < -0.3 is 19.0 Å². The second kappa shape index (κ2) is 10.5. The molecule has 0 bridgehead atoms. The van der Waals surface area contributed by atoms with Crippen molar-refractivity contribution in [2.45, 2.75) is 26.4 Å². The lowest BCUT2D eigenvalue weighted by molar-refractivity contribution is 0.0742. The second-order valence-electron chi connectivity index (χ2n) is 6.79. The molecule has 1 aromatic carbocycles. The molecule has 1 heterocycles. The average Bonchev–Trinajstić information content (AvgIpc) is 2.98. The van der Waals surface area contributed by atoms with Crippen LogP contribution in [0, 0.1) is 18.8 Å². The van der Waals surface area contributed by atoms with E-state index in [1.165, 1.54) is 6.21 Å².